The lowest BCUT2D eigenvalue weighted by atomic mass is 10.0. The van der Waals surface area contributed by atoms with Gasteiger partial charge in [0.25, 0.3) is 5.91 Å². The van der Waals surface area contributed by atoms with Gasteiger partial charge >= 0.3 is 18.3 Å². The molecule has 6 nitrogen and oxygen atoms in total. The number of fused-ring (bicyclic) bond motifs is 1. The zero-order valence-electron chi connectivity index (χ0n) is 18.2. The van der Waals surface area contributed by atoms with E-state index in [0.717, 1.165) is 23.8 Å². The number of halogens is 6. The van der Waals surface area contributed by atoms with E-state index in [1.54, 1.807) is 5.32 Å². The van der Waals surface area contributed by atoms with E-state index in [-0.39, 0.29) is 34.5 Å². The van der Waals surface area contributed by atoms with Crippen LogP contribution in [-0.4, -0.2) is 34.7 Å². The van der Waals surface area contributed by atoms with E-state index in [0.29, 0.717) is 12.1 Å². The van der Waals surface area contributed by atoms with Crippen LogP contribution < -0.4 is 5.32 Å². The molecule has 184 valence electrons. The second-order valence-corrected chi connectivity index (χ2v) is 7.42. The fourth-order valence-electron chi connectivity index (χ4n) is 3.48. The Hall–Kier alpha value is -4.01. The van der Waals surface area contributed by atoms with Crippen molar-refractivity contribution in [2.45, 2.75) is 31.9 Å². The highest BCUT2D eigenvalue weighted by Gasteiger charge is 2.43. The van der Waals surface area contributed by atoms with E-state index >= 15 is 0 Å². The minimum Gasteiger partial charge on any atom is -0.465 e. The number of esters is 1. The van der Waals surface area contributed by atoms with Crippen LogP contribution in [-0.2, 0) is 17.5 Å². The number of nitrogens with zero attached hydrogens (tertiary/aromatic N) is 2. The topological polar surface area (TPSA) is 73.2 Å². The minimum atomic E-state index is -5.12. The number of benzene rings is 1. The summed E-state index contributed by atoms with van der Waals surface area (Å²) >= 11 is 0. The first-order valence-corrected chi connectivity index (χ1v) is 9.85. The van der Waals surface area contributed by atoms with Crippen molar-refractivity contribution >= 4 is 22.9 Å². The molecule has 0 saturated carbocycles. The molecule has 0 aliphatic carbocycles. The molecule has 1 aromatic carbocycles. The molecule has 0 fully saturated rings. The van der Waals surface area contributed by atoms with Crippen LogP contribution in [0.15, 0.2) is 36.4 Å². The van der Waals surface area contributed by atoms with Gasteiger partial charge in [0.05, 0.1) is 30.5 Å². The molecular weight excluding hydrogens is 480 g/mol. The van der Waals surface area contributed by atoms with Crippen molar-refractivity contribution in [2.75, 3.05) is 7.11 Å². The largest absolute Gasteiger partial charge is 0.465 e. The summed E-state index contributed by atoms with van der Waals surface area (Å²) in [5.41, 5.74) is -2.00. The highest BCUT2D eigenvalue weighted by molar-refractivity contribution is 6.00. The van der Waals surface area contributed by atoms with Crippen molar-refractivity contribution < 1.29 is 40.7 Å². The number of nitrogens with one attached hydrogen (secondary N) is 1. The summed E-state index contributed by atoms with van der Waals surface area (Å²) in [6, 6.07) is 2.38. The van der Waals surface area contributed by atoms with Crippen LogP contribution >= 0.6 is 0 Å². The van der Waals surface area contributed by atoms with Gasteiger partial charge < -0.3 is 14.6 Å². The van der Waals surface area contributed by atoms with Gasteiger partial charge in [0.2, 0.25) is 0 Å². The normalized spacial score (nSPS) is 12.8. The molecule has 2 heterocycles. The van der Waals surface area contributed by atoms with Gasteiger partial charge in [-0.1, -0.05) is 18.1 Å². The molecule has 1 N–H and O–H groups in total. The summed E-state index contributed by atoms with van der Waals surface area (Å²) < 4.78 is 86.3. The third-order valence-electron chi connectivity index (χ3n) is 5.10. The molecule has 0 aliphatic heterocycles. The van der Waals surface area contributed by atoms with Crippen LogP contribution in [0.3, 0.4) is 0 Å². The maximum atomic E-state index is 13.8. The predicted molar refractivity (Wildman–Crippen MR) is 112 cm³/mol. The van der Waals surface area contributed by atoms with E-state index in [2.05, 4.69) is 15.6 Å². The summed E-state index contributed by atoms with van der Waals surface area (Å²) in [7, 11) is 1.15. The van der Waals surface area contributed by atoms with E-state index in [9.17, 15) is 35.9 Å². The molecule has 0 aliphatic rings. The number of ether oxygens (including phenoxy) is 1. The Bertz CT molecular complexity index is 1340. The second-order valence-electron chi connectivity index (χ2n) is 7.42. The molecule has 0 bridgehead atoms. The van der Waals surface area contributed by atoms with Gasteiger partial charge in [-0.3, -0.25) is 4.79 Å². The molecule has 0 radical (unpaired) electrons. The number of aromatic nitrogens is 2. The van der Waals surface area contributed by atoms with Crippen molar-refractivity contribution in [3.05, 3.63) is 64.5 Å². The first-order valence-electron chi connectivity index (χ1n) is 9.85. The number of aryl methyl sites for hydroxylation is 1. The summed E-state index contributed by atoms with van der Waals surface area (Å²) in [5, 5.41) is 1.97. The average molecular weight is 497 g/mol. The smallest absolute Gasteiger partial charge is 0.416 e. The lowest BCUT2D eigenvalue weighted by Crippen LogP contribution is -2.39. The van der Waals surface area contributed by atoms with E-state index in [1.807, 2.05) is 0 Å². The van der Waals surface area contributed by atoms with Crippen molar-refractivity contribution in [1.29, 1.82) is 0 Å². The number of alkyl halides is 6. The summed E-state index contributed by atoms with van der Waals surface area (Å²) in [6.07, 6.45) is -4.65. The molecule has 3 aromatic rings. The fourth-order valence-corrected chi connectivity index (χ4v) is 3.48. The number of carbonyl (C=O) groups is 2. The Morgan fingerprint density at radius 3 is 2.43 bits per heavy atom. The Morgan fingerprint density at radius 1 is 1.17 bits per heavy atom. The van der Waals surface area contributed by atoms with Crippen LogP contribution in [0.1, 0.15) is 43.7 Å². The molecule has 0 spiro atoms. The Morgan fingerprint density at radius 2 is 1.86 bits per heavy atom. The zero-order chi connectivity index (χ0) is 26.1. The monoisotopic (exact) mass is 497 g/mol. The quantitative estimate of drug-likeness (QED) is 0.312. The number of pyridine rings is 1. The lowest BCUT2D eigenvalue weighted by Gasteiger charge is -2.23. The first kappa shape index (κ1) is 25.6. The predicted octanol–water partition coefficient (Wildman–Crippen LogP) is 4.82. The average Bonchev–Trinajstić information content (AvgIpc) is 3.12. The molecular formula is C23H17F6N3O3. The number of rotatable bonds is 5. The van der Waals surface area contributed by atoms with E-state index < -0.39 is 41.4 Å². The van der Waals surface area contributed by atoms with Crippen LogP contribution in [0, 0.1) is 19.3 Å². The molecule has 3 rings (SSSR count). The van der Waals surface area contributed by atoms with Crippen LogP contribution in [0.4, 0.5) is 26.3 Å². The van der Waals surface area contributed by atoms with Crippen molar-refractivity contribution in [1.82, 2.24) is 14.9 Å². The number of carbonyl (C=O) groups excluding carboxylic acids is 2. The third-order valence-corrected chi connectivity index (χ3v) is 5.10. The van der Waals surface area contributed by atoms with Crippen molar-refractivity contribution in [3.63, 3.8) is 0 Å². The Kier molecular flexibility index (Phi) is 6.82. The summed E-state index contributed by atoms with van der Waals surface area (Å²) in [4.78, 5) is 29.1. The molecule has 1 amide bonds. The van der Waals surface area contributed by atoms with E-state index in [1.165, 1.54) is 19.1 Å². The highest BCUT2D eigenvalue weighted by Crippen LogP contribution is 2.36. The SMILES string of the molecule is C#CCn1c(C(=O)NC(c2cccc(C(F)(F)F)c2)C(F)(F)F)cc2cc(C(=O)OC)c(C)nc21. The Balaban J connectivity index is 2.08. The van der Waals surface area contributed by atoms with E-state index in [4.69, 9.17) is 6.42 Å². The molecule has 1 unspecified atom stereocenters. The number of hydrogen-bond acceptors (Lipinski definition) is 4. The van der Waals surface area contributed by atoms with Gasteiger partial charge in [-0.05, 0) is 36.8 Å². The molecule has 12 heteroatoms. The summed E-state index contributed by atoms with van der Waals surface area (Å²) in [6.45, 7) is 1.24. The van der Waals surface area contributed by atoms with Gasteiger partial charge in [-0.15, -0.1) is 6.42 Å². The van der Waals surface area contributed by atoms with Crippen LogP contribution in [0.5, 0.6) is 0 Å². The molecule has 1 atom stereocenters. The number of hydrogen-bond donors (Lipinski definition) is 1. The minimum absolute atomic E-state index is 0.0712. The number of terminal acetylenes is 1. The van der Waals surface area contributed by atoms with Gasteiger partial charge in [0.1, 0.15) is 11.3 Å². The number of amides is 1. The third kappa shape index (κ3) is 5.24. The van der Waals surface area contributed by atoms with Crippen molar-refractivity contribution in [2.24, 2.45) is 0 Å². The van der Waals surface area contributed by atoms with Gasteiger partial charge in [-0.2, -0.15) is 26.3 Å². The Labute approximate surface area is 194 Å². The standard InChI is InChI=1S/C23H17F6N3O3/c1-4-8-32-17(11-14-10-16(21(34)35-3)12(2)30-19(14)32)20(33)31-18(23(27,28)29)13-6-5-7-15(9-13)22(24,25)26/h1,5-7,9-11,18H,8H2,2-3H3,(H,31,33). The van der Waals surface area contributed by atoms with Gasteiger partial charge in [0, 0.05) is 5.39 Å². The maximum Gasteiger partial charge on any atom is 0.416 e. The van der Waals surface area contributed by atoms with Gasteiger partial charge in [0.15, 0.2) is 6.04 Å². The molecule has 0 saturated heterocycles. The molecule has 35 heavy (non-hydrogen) atoms. The first-order chi connectivity index (χ1) is 16.3. The van der Waals surface area contributed by atoms with Gasteiger partial charge in [-0.25, -0.2) is 9.78 Å². The maximum absolute atomic E-state index is 13.8. The van der Waals surface area contributed by atoms with Crippen LogP contribution in [0.2, 0.25) is 0 Å². The fraction of sp³-hybridized carbons (Fsp3) is 0.261. The summed E-state index contributed by atoms with van der Waals surface area (Å²) in [5.74, 6) is 0.301. The van der Waals surface area contributed by atoms with Crippen molar-refractivity contribution in [3.8, 4) is 12.3 Å². The second kappa shape index (κ2) is 9.32. The number of methoxy groups -OCH3 is 1. The molecule has 2 aromatic heterocycles. The zero-order valence-corrected chi connectivity index (χ0v) is 18.2. The lowest BCUT2D eigenvalue weighted by molar-refractivity contribution is -0.156. The highest BCUT2D eigenvalue weighted by atomic mass is 19.4. The van der Waals surface area contributed by atoms with Crippen LogP contribution in [0.25, 0.3) is 11.0 Å².